The van der Waals surface area contributed by atoms with Gasteiger partial charge in [-0.1, -0.05) is 0 Å². The normalized spacial score (nSPS) is 10.1. The summed E-state index contributed by atoms with van der Waals surface area (Å²) < 4.78 is 0. The van der Waals surface area contributed by atoms with Crippen molar-refractivity contribution in [2.45, 2.75) is 20.8 Å². The van der Waals surface area contributed by atoms with Gasteiger partial charge in [-0.3, -0.25) is 4.79 Å². The third kappa shape index (κ3) is 1.88. The number of hydrogen-bond acceptors (Lipinski definition) is 2. The maximum absolute atomic E-state index is 11.7. The van der Waals surface area contributed by atoms with E-state index in [2.05, 4.69) is 9.97 Å². The van der Waals surface area contributed by atoms with Gasteiger partial charge in [0.25, 0.3) is 5.91 Å². The third-order valence-electron chi connectivity index (χ3n) is 2.08. The summed E-state index contributed by atoms with van der Waals surface area (Å²) in [6.07, 6.45) is 1.55. The third-order valence-corrected chi connectivity index (χ3v) is 2.08. The second-order valence-corrected chi connectivity index (χ2v) is 2.85. The number of nitrogens with zero attached hydrogens (tertiary/aromatic N) is 2. The van der Waals surface area contributed by atoms with Gasteiger partial charge in [0.15, 0.2) is 0 Å². The molecule has 0 fully saturated rings. The Kier molecular flexibility index (Phi) is 3.06. The Morgan fingerprint density at radius 3 is 2.54 bits per heavy atom. The van der Waals surface area contributed by atoms with Gasteiger partial charge in [0.05, 0.1) is 6.33 Å². The fraction of sp³-hybridized carbons (Fsp3) is 0.556. The van der Waals surface area contributed by atoms with Crippen LogP contribution in [0.25, 0.3) is 0 Å². The minimum atomic E-state index is 0.00347. The van der Waals surface area contributed by atoms with E-state index in [1.165, 1.54) is 0 Å². The molecule has 0 bridgehead atoms. The summed E-state index contributed by atoms with van der Waals surface area (Å²) in [5.74, 6) is 0.00347. The van der Waals surface area contributed by atoms with Crippen molar-refractivity contribution in [3.05, 3.63) is 17.7 Å². The van der Waals surface area contributed by atoms with Gasteiger partial charge in [0, 0.05) is 18.8 Å². The molecular formula is C9H15N3O. The number of aryl methyl sites for hydroxylation is 1. The Morgan fingerprint density at radius 1 is 1.54 bits per heavy atom. The van der Waals surface area contributed by atoms with E-state index in [-0.39, 0.29) is 5.91 Å². The molecule has 0 aliphatic carbocycles. The van der Waals surface area contributed by atoms with Crippen molar-refractivity contribution in [1.82, 2.24) is 14.9 Å². The van der Waals surface area contributed by atoms with Crippen LogP contribution in [0.5, 0.6) is 0 Å². The minimum absolute atomic E-state index is 0.00347. The zero-order valence-electron chi connectivity index (χ0n) is 8.29. The number of rotatable bonds is 3. The Bertz CT molecular complexity index is 289. The highest BCUT2D eigenvalue weighted by Gasteiger charge is 2.16. The number of nitrogens with one attached hydrogen (secondary N) is 1. The first-order valence-corrected chi connectivity index (χ1v) is 4.49. The molecule has 4 heteroatoms. The lowest BCUT2D eigenvalue weighted by atomic mass is 10.3. The topological polar surface area (TPSA) is 49.0 Å². The van der Waals surface area contributed by atoms with E-state index in [4.69, 9.17) is 0 Å². The average molecular weight is 181 g/mol. The fourth-order valence-electron chi connectivity index (χ4n) is 1.24. The summed E-state index contributed by atoms with van der Waals surface area (Å²) in [5.41, 5.74) is 1.36. The first-order valence-electron chi connectivity index (χ1n) is 4.49. The summed E-state index contributed by atoms with van der Waals surface area (Å²) in [4.78, 5) is 20.4. The molecular weight excluding hydrogens is 166 g/mol. The predicted octanol–water partition coefficient (Wildman–Crippen LogP) is 1.20. The van der Waals surface area contributed by atoms with E-state index in [0.29, 0.717) is 5.69 Å². The zero-order chi connectivity index (χ0) is 9.84. The van der Waals surface area contributed by atoms with Gasteiger partial charge in [-0.25, -0.2) is 4.98 Å². The molecule has 1 heterocycles. The van der Waals surface area contributed by atoms with Gasteiger partial charge < -0.3 is 9.88 Å². The van der Waals surface area contributed by atoms with Crippen LogP contribution in [0, 0.1) is 6.92 Å². The van der Waals surface area contributed by atoms with Crippen LogP contribution in [0.2, 0.25) is 0 Å². The molecule has 13 heavy (non-hydrogen) atoms. The molecule has 0 spiro atoms. The zero-order valence-corrected chi connectivity index (χ0v) is 8.29. The molecule has 0 aromatic carbocycles. The van der Waals surface area contributed by atoms with Gasteiger partial charge in [0.1, 0.15) is 5.69 Å². The van der Waals surface area contributed by atoms with Gasteiger partial charge in [-0.2, -0.15) is 0 Å². The van der Waals surface area contributed by atoms with Crippen LogP contribution >= 0.6 is 0 Å². The lowest BCUT2D eigenvalue weighted by molar-refractivity contribution is 0.0767. The minimum Gasteiger partial charge on any atom is -0.348 e. The number of aromatic amines is 1. The Hall–Kier alpha value is -1.32. The number of imidazole rings is 1. The number of carbonyl (C=O) groups excluding carboxylic acids is 1. The molecule has 0 saturated carbocycles. The lowest BCUT2D eigenvalue weighted by Gasteiger charge is -2.17. The van der Waals surface area contributed by atoms with E-state index in [1.807, 2.05) is 20.8 Å². The van der Waals surface area contributed by atoms with E-state index in [0.717, 1.165) is 18.8 Å². The van der Waals surface area contributed by atoms with E-state index >= 15 is 0 Å². The van der Waals surface area contributed by atoms with Crippen LogP contribution in [0.15, 0.2) is 6.33 Å². The number of hydrogen-bond donors (Lipinski definition) is 1. The van der Waals surface area contributed by atoms with Crippen molar-refractivity contribution in [2.24, 2.45) is 0 Å². The SMILES string of the molecule is CCN(CC)C(=O)c1nc[nH]c1C. The van der Waals surface area contributed by atoms with Gasteiger partial charge in [-0.15, -0.1) is 0 Å². The van der Waals surface area contributed by atoms with Crippen LogP contribution in [0.1, 0.15) is 30.0 Å². The molecule has 4 nitrogen and oxygen atoms in total. The van der Waals surface area contributed by atoms with Crippen molar-refractivity contribution in [3.63, 3.8) is 0 Å². The number of aromatic nitrogens is 2. The number of H-pyrrole nitrogens is 1. The summed E-state index contributed by atoms with van der Waals surface area (Å²) in [5, 5.41) is 0. The highest BCUT2D eigenvalue weighted by molar-refractivity contribution is 5.93. The Labute approximate surface area is 78.0 Å². The molecule has 0 aliphatic heterocycles. The predicted molar refractivity (Wildman–Crippen MR) is 50.6 cm³/mol. The second-order valence-electron chi connectivity index (χ2n) is 2.85. The molecule has 0 atom stereocenters. The molecule has 0 radical (unpaired) electrons. The largest absolute Gasteiger partial charge is 0.348 e. The first kappa shape index (κ1) is 9.77. The molecule has 0 unspecified atom stereocenters. The van der Waals surface area contributed by atoms with Gasteiger partial charge in [0.2, 0.25) is 0 Å². The highest BCUT2D eigenvalue weighted by Crippen LogP contribution is 2.04. The second kappa shape index (κ2) is 4.07. The molecule has 0 saturated heterocycles. The number of carbonyl (C=O) groups is 1. The molecule has 1 amide bonds. The van der Waals surface area contributed by atoms with Gasteiger partial charge in [-0.05, 0) is 20.8 Å². The summed E-state index contributed by atoms with van der Waals surface area (Å²) in [7, 11) is 0. The first-order chi connectivity index (χ1) is 6.20. The van der Waals surface area contributed by atoms with Crippen LogP contribution in [0.3, 0.4) is 0 Å². The van der Waals surface area contributed by atoms with Crippen LogP contribution in [0.4, 0.5) is 0 Å². The monoisotopic (exact) mass is 181 g/mol. The lowest BCUT2D eigenvalue weighted by Crippen LogP contribution is -2.31. The summed E-state index contributed by atoms with van der Waals surface area (Å²) in [6, 6.07) is 0. The van der Waals surface area contributed by atoms with Crippen LogP contribution in [-0.2, 0) is 0 Å². The molecule has 1 N–H and O–H groups in total. The Morgan fingerprint density at radius 2 is 2.15 bits per heavy atom. The average Bonchev–Trinajstić information content (AvgIpc) is 2.53. The molecule has 0 aliphatic rings. The fourth-order valence-corrected chi connectivity index (χ4v) is 1.24. The van der Waals surface area contributed by atoms with Gasteiger partial charge >= 0.3 is 0 Å². The maximum atomic E-state index is 11.7. The standard InChI is InChI=1S/C9H15N3O/c1-4-12(5-2)9(13)8-7(3)10-6-11-8/h6H,4-5H2,1-3H3,(H,10,11). The summed E-state index contributed by atoms with van der Waals surface area (Å²) in [6.45, 7) is 7.22. The molecule has 72 valence electrons. The van der Waals surface area contributed by atoms with Crippen LogP contribution in [-0.4, -0.2) is 33.9 Å². The van der Waals surface area contributed by atoms with E-state index in [1.54, 1.807) is 11.2 Å². The number of amides is 1. The molecule has 1 aromatic rings. The van der Waals surface area contributed by atoms with Crippen molar-refractivity contribution in [2.75, 3.05) is 13.1 Å². The highest BCUT2D eigenvalue weighted by atomic mass is 16.2. The molecule has 1 rings (SSSR count). The quantitative estimate of drug-likeness (QED) is 0.761. The van der Waals surface area contributed by atoms with Crippen molar-refractivity contribution in [1.29, 1.82) is 0 Å². The van der Waals surface area contributed by atoms with Crippen LogP contribution < -0.4 is 0 Å². The van der Waals surface area contributed by atoms with Crippen molar-refractivity contribution in [3.8, 4) is 0 Å². The smallest absolute Gasteiger partial charge is 0.274 e. The Balaban J connectivity index is 2.84. The van der Waals surface area contributed by atoms with E-state index < -0.39 is 0 Å². The maximum Gasteiger partial charge on any atom is 0.274 e. The summed E-state index contributed by atoms with van der Waals surface area (Å²) >= 11 is 0. The van der Waals surface area contributed by atoms with E-state index in [9.17, 15) is 4.79 Å². The van der Waals surface area contributed by atoms with Crippen molar-refractivity contribution < 1.29 is 4.79 Å². The molecule has 1 aromatic heterocycles. The van der Waals surface area contributed by atoms with Crippen molar-refractivity contribution >= 4 is 5.91 Å².